The van der Waals surface area contributed by atoms with Crippen LogP contribution in [0.1, 0.15) is 78.1 Å². The predicted octanol–water partition coefficient (Wildman–Crippen LogP) is 4.99. The van der Waals surface area contributed by atoms with E-state index in [0.717, 1.165) is 0 Å². The number of hydrogen-bond acceptors (Lipinski definition) is 4. The second-order valence-corrected chi connectivity index (χ2v) is 10.3. The van der Waals surface area contributed by atoms with Gasteiger partial charge in [0, 0.05) is 38.2 Å². The van der Waals surface area contributed by atoms with Crippen LogP contribution in [0.25, 0.3) is 0 Å². The highest BCUT2D eigenvalue weighted by Crippen LogP contribution is 2.29. The van der Waals surface area contributed by atoms with Crippen LogP contribution in [0.5, 0.6) is 0 Å². The van der Waals surface area contributed by atoms with E-state index in [-0.39, 0.29) is 17.7 Å². The molecule has 0 radical (unpaired) electrons. The number of nitrogens with one attached hydrogen (secondary N) is 1. The molecule has 1 aliphatic carbocycles. The van der Waals surface area contributed by atoms with Crippen LogP contribution in [0.3, 0.4) is 0 Å². The van der Waals surface area contributed by atoms with Gasteiger partial charge >= 0.3 is 0 Å². The van der Waals surface area contributed by atoms with Gasteiger partial charge in [0.25, 0.3) is 11.8 Å². The molecule has 1 aliphatic heterocycles. The zero-order chi connectivity index (χ0) is 23.4. The number of anilines is 1. The van der Waals surface area contributed by atoms with Crippen LogP contribution in [0.4, 0.5) is 5.00 Å². The number of piperazine rings is 1. The summed E-state index contributed by atoms with van der Waals surface area (Å²) in [5.41, 5.74) is 2.26. The number of amides is 3. The lowest BCUT2D eigenvalue weighted by atomic mass is 10.0. The minimum Gasteiger partial charge on any atom is -0.339 e. The second-order valence-electron chi connectivity index (χ2n) is 9.42. The van der Waals surface area contributed by atoms with Crippen molar-refractivity contribution in [3.8, 4) is 0 Å². The van der Waals surface area contributed by atoms with Crippen molar-refractivity contribution in [3.05, 3.63) is 52.4 Å². The first kappa shape index (κ1) is 23.5. The van der Waals surface area contributed by atoms with Crippen LogP contribution < -0.4 is 5.32 Å². The van der Waals surface area contributed by atoms with Crippen molar-refractivity contribution in [1.29, 1.82) is 0 Å². The Morgan fingerprint density at radius 2 is 1.61 bits per heavy atom. The summed E-state index contributed by atoms with van der Waals surface area (Å²) in [4.78, 5) is 42.2. The maximum atomic E-state index is 13.2. The van der Waals surface area contributed by atoms with E-state index in [4.69, 9.17) is 0 Å². The van der Waals surface area contributed by atoms with Crippen LogP contribution in [-0.4, -0.2) is 53.7 Å². The van der Waals surface area contributed by atoms with E-state index in [2.05, 4.69) is 19.2 Å². The molecule has 2 aliphatic rings. The molecule has 0 spiro atoms. The van der Waals surface area contributed by atoms with Gasteiger partial charge in [0.15, 0.2) is 0 Å². The largest absolute Gasteiger partial charge is 0.339 e. The smallest absolute Gasteiger partial charge is 0.256 e. The first-order chi connectivity index (χ1) is 15.9. The van der Waals surface area contributed by atoms with Gasteiger partial charge in [-0.15, -0.1) is 11.3 Å². The number of thiophene rings is 1. The maximum absolute atomic E-state index is 13.2. The number of carbonyl (C=O) groups excluding carboxylic acids is 3. The lowest BCUT2D eigenvalue weighted by molar-refractivity contribution is -0.133. The molecular weight excluding hydrogens is 434 g/mol. The van der Waals surface area contributed by atoms with Gasteiger partial charge in [-0.3, -0.25) is 14.4 Å². The van der Waals surface area contributed by atoms with Crippen LogP contribution in [0, 0.1) is 5.92 Å². The van der Waals surface area contributed by atoms with Crippen molar-refractivity contribution in [2.75, 3.05) is 31.5 Å². The molecule has 0 unspecified atom stereocenters. The van der Waals surface area contributed by atoms with Gasteiger partial charge in [0.1, 0.15) is 5.00 Å². The molecule has 7 heteroatoms. The molecule has 4 rings (SSSR count). The van der Waals surface area contributed by atoms with Crippen LogP contribution in [0.15, 0.2) is 35.7 Å². The van der Waals surface area contributed by atoms with E-state index in [1.807, 2.05) is 34.5 Å². The normalized spacial score (nSPS) is 16.9. The summed E-state index contributed by atoms with van der Waals surface area (Å²) >= 11 is 1.35. The lowest BCUT2D eigenvalue weighted by Crippen LogP contribution is -2.50. The molecule has 1 aromatic heterocycles. The van der Waals surface area contributed by atoms with Crippen molar-refractivity contribution in [1.82, 2.24) is 9.80 Å². The highest BCUT2D eigenvalue weighted by molar-refractivity contribution is 7.14. The zero-order valence-corrected chi connectivity index (χ0v) is 20.3. The van der Waals surface area contributed by atoms with E-state index in [0.29, 0.717) is 60.6 Å². The summed E-state index contributed by atoms with van der Waals surface area (Å²) < 4.78 is 0. The van der Waals surface area contributed by atoms with Crippen LogP contribution >= 0.6 is 11.3 Å². The molecule has 2 heterocycles. The Labute approximate surface area is 200 Å². The highest BCUT2D eigenvalue weighted by Gasteiger charge is 2.28. The minimum absolute atomic E-state index is 0.0930. The second kappa shape index (κ2) is 10.5. The third-order valence-corrected chi connectivity index (χ3v) is 7.65. The summed E-state index contributed by atoms with van der Waals surface area (Å²) in [5, 5.41) is 5.30. The molecule has 1 saturated carbocycles. The molecule has 1 N–H and O–H groups in total. The Kier molecular flexibility index (Phi) is 7.48. The highest BCUT2D eigenvalue weighted by atomic mass is 32.1. The predicted molar refractivity (Wildman–Crippen MR) is 132 cm³/mol. The Balaban J connectivity index is 1.33. The van der Waals surface area contributed by atoms with Gasteiger partial charge in [0.05, 0.1) is 5.56 Å². The molecule has 33 heavy (non-hydrogen) atoms. The van der Waals surface area contributed by atoms with E-state index in [1.165, 1.54) is 42.6 Å². The molecule has 0 bridgehead atoms. The van der Waals surface area contributed by atoms with E-state index >= 15 is 0 Å². The van der Waals surface area contributed by atoms with Gasteiger partial charge in [-0.2, -0.15) is 0 Å². The fraction of sp³-hybridized carbons (Fsp3) is 0.500. The number of benzene rings is 1. The fourth-order valence-electron chi connectivity index (χ4n) is 4.69. The third kappa shape index (κ3) is 5.64. The molecule has 2 aromatic rings. The fourth-order valence-corrected chi connectivity index (χ4v) is 5.46. The molecule has 0 atom stereocenters. The Hall–Kier alpha value is -2.67. The van der Waals surface area contributed by atoms with Crippen molar-refractivity contribution >= 4 is 34.1 Å². The van der Waals surface area contributed by atoms with E-state index in [9.17, 15) is 14.4 Å². The van der Waals surface area contributed by atoms with Gasteiger partial charge in [-0.25, -0.2) is 0 Å². The average molecular weight is 468 g/mol. The van der Waals surface area contributed by atoms with Crippen LogP contribution in [-0.2, 0) is 4.79 Å². The van der Waals surface area contributed by atoms with E-state index in [1.54, 1.807) is 11.0 Å². The SMILES string of the molecule is CC(C)c1ccc(C(=O)Nc2sccc2C(=O)N2CCN(C(=O)CC3CCCC3)CC2)cc1. The first-order valence-electron chi connectivity index (χ1n) is 12.0. The quantitative estimate of drug-likeness (QED) is 0.651. The van der Waals surface area contributed by atoms with Gasteiger partial charge in [-0.05, 0) is 53.8 Å². The molecule has 6 nitrogen and oxygen atoms in total. The van der Waals surface area contributed by atoms with Gasteiger partial charge < -0.3 is 15.1 Å². The number of hydrogen-bond donors (Lipinski definition) is 1. The van der Waals surface area contributed by atoms with Crippen molar-refractivity contribution in [2.45, 2.75) is 51.9 Å². The summed E-state index contributed by atoms with van der Waals surface area (Å²) in [6.07, 6.45) is 5.45. The minimum atomic E-state index is -0.218. The third-order valence-electron chi connectivity index (χ3n) is 6.82. The van der Waals surface area contributed by atoms with Crippen molar-refractivity contribution in [3.63, 3.8) is 0 Å². The van der Waals surface area contributed by atoms with E-state index < -0.39 is 0 Å². The summed E-state index contributed by atoms with van der Waals surface area (Å²) in [6, 6.07) is 9.34. The summed E-state index contributed by atoms with van der Waals surface area (Å²) in [6.45, 7) is 6.43. The molecular formula is C26H33N3O3S. The maximum Gasteiger partial charge on any atom is 0.256 e. The number of rotatable bonds is 6. The molecule has 2 fully saturated rings. The van der Waals surface area contributed by atoms with Crippen molar-refractivity contribution < 1.29 is 14.4 Å². The summed E-state index contributed by atoms with van der Waals surface area (Å²) in [5.74, 6) is 0.854. The molecule has 176 valence electrons. The van der Waals surface area contributed by atoms with Gasteiger partial charge in [0.2, 0.25) is 5.91 Å². The Morgan fingerprint density at radius 1 is 0.970 bits per heavy atom. The van der Waals surface area contributed by atoms with Crippen LogP contribution in [0.2, 0.25) is 0 Å². The molecule has 1 saturated heterocycles. The Morgan fingerprint density at radius 3 is 2.24 bits per heavy atom. The number of carbonyl (C=O) groups is 3. The first-order valence-corrected chi connectivity index (χ1v) is 12.9. The zero-order valence-electron chi connectivity index (χ0n) is 19.5. The molecule has 3 amide bonds. The van der Waals surface area contributed by atoms with Gasteiger partial charge in [-0.1, -0.05) is 38.8 Å². The Bertz CT molecular complexity index is 984. The monoisotopic (exact) mass is 467 g/mol. The summed E-state index contributed by atoms with van der Waals surface area (Å²) in [7, 11) is 0. The number of nitrogens with zero attached hydrogens (tertiary/aromatic N) is 2. The lowest BCUT2D eigenvalue weighted by Gasteiger charge is -2.35. The topological polar surface area (TPSA) is 69.7 Å². The standard InChI is InChI=1S/C26H33N3O3S/c1-18(2)20-7-9-21(10-8-20)24(31)27-25-22(11-16-33-25)26(32)29-14-12-28(13-15-29)23(30)17-19-5-3-4-6-19/h7-11,16,18-19H,3-6,12-15,17H2,1-2H3,(H,27,31). The van der Waals surface area contributed by atoms with Crippen molar-refractivity contribution in [2.24, 2.45) is 5.92 Å². The average Bonchev–Trinajstić information content (AvgIpc) is 3.51. The molecule has 1 aromatic carbocycles.